The highest BCUT2D eigenvalue weighted by Crippen LogP contribution is 2.40. The average molecular weight is 433 g/mol. The van der Waals surface area contributed by atoms with Gasteiger partial charge in [-0.3, -0.25) is 4.79 Å². The first kappa shape index (κ1) is 22.4. The fourth-order valence-corrected chi connectivity index (χ4v) is 3.99. The van der Waals surface area contributed by atoms with Gasteiger partial charge in [-0.25, -0.2) is 18.3 Å². The van der Waals surface area contributed by atoms with Crippen molar-refractivity contribution in [2.24, 2.45) is 23.3 Å². The third kappa shape index (κ3) is 5.05. The van der Waals surface area contributed by atoms with Gasteiger partial charge in [-0.15, -0.1) is 0 Å². The molecule has 0 spiro atoms. The van der Waals surface area contributed by atoms with Crippen molar-refractivity contribution in [3.63, 3.8) is 0 Å². The molecule has 30 heavy (non-hydrogen) atoms. The summed E-state index contributed by atoms with van der Waals surface area (Å²) in [6.45, 7) is 1.48. The molecule has 3 atom stereocenters. The van der Waals surface area contributed by atoms with Gasteiger partial charge in [0.05, 0.1) is 36.5 Å². The van der Waals surface area contributed by atoms with Gasteiger partial charge in [-0.1, -0.05) is 6.92 Å². The molecule has 2 heterocycles. The Morgan fingerprint density at radius 2 is 1.97 bits per heavy atom. The zero-order valence-electron chi connectivity index (χ0n) is 16.4. The van der Waals surface area contributed by atoms with Gasteiger partial charge in [-0.2, -0.15) is 18.3 Å². The minimum atomic E-state index is -4.53. The van der Waals surface area contributed by atoms with Crippen LogP contribution >= 0.6 is 0 Å². The van der Waals surface area contributed by atoms with E-state index in [1.807, 2.05) is 0 Å². The van der Waals surface area contributed by atoms with Crippen LogP contribution in [0.2, 0.25) is 0 Å². The number of hydrogen-bond acceptors (Lipinski definition) is 4. The lowest BCUT2D eigenvalue weighted by atomic mass is 9.81. The Kier molecular flexibility index (Phi) is 6.03. The number of rotatable bonds is 6. The van der Waals surface area contributed by atoms with Crippen LogP contribution in [0.4, 0.5) is 22.0 Å². The molecule has 0 aliphatic heterocycles. The number of imidazole rings is 1. The zero-order chi connectivity index (χ0) is 22.3. The molecule has 0 aromatic carbocycles. The second-order valence-corrected chi connectivity index (χ2v) is 8.09. The van der Waals surface area contributed by atoms with E-state index in [2.05, 4.69) is 10.1 Å². The van der Waals surface area contributed by atoms with Gasteiger partial charge in [0.2, 0.25) is 11.8 Å². The number of aromatic nitrogens is 3. The van der Waals surface area contributed by atoms with Crippen LogP contribution in [0.15, 0.2) is 18.5 Å². The molecule has 1 aliphatic rings. The van der Waals surface area contributed by atoms with Crippen molar-refractivity contribution < 1.29 is 26.7 Å². The SMILES string of the molecule is CC(c1cnn2cc([C@@H](N)C3CCC(F)(F)CC3)nc2c1)[C@@H](CC(F)(F)F)C(N)=O. The molecule has 2 aromatic rings. The van der Waals surface area contributed by atoms with E-state index < -0.39 is 42.3 Å². The Balaban J connectivity index is 1.81. The van der Waals surface area contributed by atoms with Gasteiger partial charge in [0.1, 0.15) is 0 Å². The van der Waals surface area contributed by atoms with Crippen LogP contribution in [0, 0.1) is 11.8 Å². The summed E-state index contributed by atoms with van der Waals surface area (Å²) >= 11 is 0. The minimum Gasteiger partial charge on any atom is -0.369 e. The standard InChI is InChI=1S/C19H24F5N5O/c1-10(13(17(26)30)7-19(22,23)24)12-6-15-28-14(9-29(15)27-8-12)16(25)11-2-4-18(20,21)5-3-11/h6,8-11,13,16H,2-5,7,25H2,1H3,(H2,26,30)/t10?,13-,16+/m1/s1. The summed E-state index contributed by atoms with van der Waals surface area (Å²) in [4.78, 5) is 16.0. The molecule has 1 fully saturated rings. The summed E-state index contributed by atoms with van der Waals surface area (Å²) in [6, 6.07) is 0.988. The number of carbonyl (C=O) groups excluding carboxylic acids is 1. The van der Waals surface area contributed by atoms with Gasteiger partial charge < -0.3 is 11.5 Å². The van der Waals surface area contributed by atoms with Crippen molar-refractivity contribution >= 4 is 11.6 Å². The highest BCUT2D eigenvalue weighted by atomic mass is 19.4. The predicted octanol–water partition coefficient (Wildman–Crippen LogP) is 3.71. The number of alkyl halides is 5. The second-order valence-electron chi connectivity index (χ2n) is 8.09. The van der Waals surface area contributed by atoms with Gasteiger partial charge >= 0.3 is 6.18 Å². The largest absolute Gasteiger partial charge is 0.389 e. The Labute approximate surface area is 169 Å². The minimum absolute atomic E-state index is 0.140. The van der Waals surface area contributed by atoms with E-state index in [1.54, 1.807) is 6.20 Å². The Hall–Kier alpha value is -2.30. The van der Waals surface area contributed by atoms with Gasteiger partial charge in [0.25, 0.3) is 0 Å². The Morgan fingerprint density at radius 1 is 1.33 bits per heavy atom. The second kappa shape index (κ2) is 8.09. The lowest BCUT2D eigenvalue weighted by molar-refractivity contribution is -0.154. The summed E-state index contributed by atoms with van der Waals surface area (Å²) in [7, 11) is 0. The smallest absolute Gasteiger partial charge is 0.369 e. The van der Waals surface area contributed by atoms with E-state index in [-0.39, 0.29) is 31.6 Å². The molecular weight excluding hydrogens is 409 g/mol. The maximum absolute atomic E-state index is 13.4. The third-order valence-corrected chi connectivity index (χ3v) is 5.92. The van der Waals surface area contributed by atoms with Gasteiger partial charge in [0, 0.05) is 12.8 Å². The van der Waals surface area contributed by atoms with Crippen LogP contribution < -0.4 is 11.5 Å². The molecule has 0 saturated heterocycles. The molecule has 6 nitrogen and oxygen atoms in total. The maximum atomic E-state index is 13.4. The van der Waals surface area contributed by atoms with Crippen molar-refractivity contribution in [2.75, 3.05) is 0 Å². The fourth-order valence-electron chi connectivity index (χ4n) is 3.99. The lowest BCUT2D eigenvalue weighted by Gasteiger charge is -2.31. The summed E-state index contributed by atoms with van der Waals surface area (Å²) < 4.78 is 66.6. The number of nitrogens with two attached hydrogens (primary N) is 2. The topological polar surface area (TPSA) is 99.3 Å². The molecule has 2 aromatic heterocycles. The van der Waals surface area contributed by atoms with Crippen LogP contribution in [0.3, 0.4) is 0 Å². The number of amides is 1. The fraction of sp³-hybridized carbons (Fsp3) is 0.632. The molecule has 1 saturated carbocycles. The van der Waals surface area contributed by atoms with E-state index >= 15 is 0 Å². The van der Waals surface area contributed by atoms with Gasteiger partial charge in [0.15, 0.2) is 5.65 Å². The summed E-state index contributed by atoms with van der Waals surface area (Å²) in [5, 5.41) is 4.16. The van der Waals surface area contributed by atoms with Crippen molar-refractivity contribution in [1.82, 2.24) is 14.6 Å². The number of carbonyl (C=O) groups is 1. The highest BCUT2D eigenvalue weighted by Gasteiger charge is 2.39. The zero-order valence-corrected chi connectivity index (χ0v) is 16.4. The first-order chi connectivity index (χ1) is 13.9. The number of hydrogen-bond donors (Lipinski definition) is 2. The van der Waals surface area contributed by atoms with Crippen molar-refractivity contribution in [3.05, 3.63) is 29.7 Å². The molecule has 1 amide bonds. The van der Waals surface area contributed by atoms with E-state index in [0.29, 0.717) is 16.9 Å². The number of primary amides is 1. The monoisotopic (exact) mass is 433 g/mol. The van der Waals surface area contributed by atoms with Crippen LogP contribution in [0.25, 0.3) is 5.65 Å². The molecule has 1 unspecified atom stereocenters. The number of fused-ring (bicyclic) bond motifs is 1. The lowest BCUT2D eigenvalue weighted by Crippen LogP contribution is -2.32. The number of nitrogens with zero attached hydrogens (tertiary/aromatic N) is 3. The Morgan fingerprint density at radius 3 is 2.53 bits per heavy atom. The molecule has 166 valence electrons. The third-order valence-electron chi connectivity index (χ3n) is 5.92. The normalized spacial score (nSPS) is 20.8. The quantitative estimate of drug-likeness (QED) is 0.679. The maximum Gasteiger partial charge on any atom is 0.389 e. The molecular formula is C19H24F5N5O. The van der Waals surface area contributed by atoms with Gasteiger partial charge in [-0.05, 0) is 36.3 Å². The van der Waals surface area contributed by atoms with Crippen LogP contribution in [-0.4, -0.2) is 32.6 Å². The van der Waals surface area contributed by atoms with Crippen molar-refractivity contribution in [1.29, 1.82) is 0 Å². The van der Waals surface area contributed by atoms with Crippen LogP contribution in [0.1, 0.15) is 62.2 Å². The molecule has 3 rings (SSSR count). The predicted molar refractivity (Wildman–Crippen MR) is 98.6 cm³/mol. The van der Waals surface area contributed by atoms with E-state index in [1.165, 1.54) is 23.7 Å². The molecule has 0 bridgehead atoms. The molecule has 0 radical (unpaired) electrons. The van der Waals surface area contributed by atoms with Crippen molar-refractivity contribution in [2.45, 2.75) is 63.1 Å². The summed E-state index contributed by atoms with van der Waals surface area (Å²) in [6.07, 6.45) is -2.77. The highest BCUT2D eigenvalue weighted by molar-refractivity contribution is 5.77. The summed E-state index contributed by atoms with van der Waals surface area (Å²) in [5.74, 6) is -6.10. The average Bonchev–Trinajstić information content (AvgIpc) is 3.07. The molecule has 4 N–H and O–H groups in total. The molecule has 11 heteroatoms. The van der Waals surface area contributed by atoms with Crippen molar-refractivity contribution in [3.8, 4) is 0 Å². The van der Waals surface area contributed by atoms with Crippen LogP contribution in [-0.2, 0) is 4.79 Å². The first-order valence-corrected chi connectivity index (χ1v) is 9.71. The number of halogens is 5. The van der Waals surface area contributed by atoms with Crippen LogP contribution in [0.5, 0.6) is 0 Å². The van der Waals surface area contributed by atoms with E-state index in [9.17, 15) is 26.7 Å². The van der Waals surface area contributed by atoms with E-state index in [0.717, 1.165) is 0 Å². The summed E-state index contributed by atoms with van der Waals surface area (Å²) in [5.41, 5.74) is 12.6. The first-order valence-electron chi connectivity index (χ1n) is 9.71. The van der Waals surface area contributed by atoms with E-state index in [4.69, 9.17) is 11.5 Å². The molecule has 1 aliphatic carbocycles. The Bertz CT molecular complexity index is 902.